The number of hydrogen-bond acceptors (Lipinski definition) is 9. The number of imide groups is 1. The Morgan fingerprint density at radius 1 is 0.889 bits per heavy atom. The Balaban J connectivity index is 2.93. The van der Waals surface area contributed by atoms with Gasteiger partial charge in [0, 0.05) is 5.56 Å². The van der Waals surface area contributed by atoms with E-state index in [-0.39, 0.29) is 39.6 Å². The van der Waals surface area contributed by atoms with E-state index in [2.05, 4.69) is 33.9 Å². The van der Waals surface area contributed by atoms with E-state index in [1.165, 1.54) is 12.1 Å². The number of phenols is 1. The van der Waals surface area contributed by atoms with Crippen molar-refractivity contribution in [3.05, 3.63) is 29.3 Å². The first-order valence-electron chi connectivity index (χ1n) is 14.8. The van der Waals surface area contributed by atoms with E-state index in [0.717, 1.165) is 7.11 Å². The van der Waals surface area contributed by atoms with Gasteiger partial charge >= 0.3 is 18.2 Å². The minimum Gasteiger partial charge on any atom is -0.506 e. The highest BCUT2D eigenvalue weighted by Gasteiger charge is 2.41. The molecular formula is C32H50FNO9Si2. The molecule has 1 heterocycles. The Bertz CT molecular complexity index is 1410. The molecule has 0 saturated carbocycles. The molecule has 2 rings (SSSR count). The van der Waals surface area contributed by atoms with Crippen LogP contribution in [0.1, 0.15) is 78.4 Å². The fourth-order valence-electron chi connectivity index (χ4n) is 3.93. The first-order valence-corrected chi connectivity index (χ1v) is 21.2. The van der Waals surface area contributed by atoms with Gasteiger partial charge in [-0.05, 0) is 71.8 Å². The molecule has 1 N–H and O–H groups in total. The largest absolute Gasteiger partial charge is 0.506 e. The number of benzene rings is 1. The Morgan fingerprint density at radius 3 is 1.78 bits per heavy atom. The first kappa shape index (κ1) is 38.0. The van der Waals surface area contributed by atoms with Crippen molar-refractivity contribution in [3.8, 4) is 16.9 Å². The average Bonchev–Trinajstić information content (AvgIpc) is 3.16. The van der Waals surface area contributed by atoms with Crippen LogP contribution in [-0.2, 0) is 25.2 Å². The summed E-state index contributed by atoms with van der Waals surface area (Å²) in [6, 6.07) is 2.53. The summed E-state index contributed by atoms with van der Waals surface area (Å²) in [7, 11) is -3.63. The Kier molecular flexibility index (Phi) is 10.9. The smallest absolute Gasteiger partial charge is 0.424 e. The quantitative estimate of drug-likeness (QED) is 0.176. The van der Waals surface area contributed by atoms with Crippen molar-refractivity contribution >= 4 is 45.6 Å². The van der Waals surface area contributed by atoms with Crippen molar-refractivity contribution in [1.82, 2.24) is 0 Å². The number of amides is 2. The van der Waals surface area contributed by atoms with Gasteiger partial charge in [-0.3, -0.25) is 0 Å². The van der Waals surface area contributed by atoms with Crippen molar-refractivity contribution in [2.75, 3.05) is 12.0 Å². The topological polar surface area (TPSA) is 125 Å². The predicted octanol–water partition coefficient (Wildman–Crippen LogP) is 8.32. The zero-order chi connectivity index (χ0) is 35.1. The normalized spacial score (nSPS) is 13.0. The zero-order valence-electron chi connectivity index (χ0n) is 29.4. The summed E-state index contributed by atoms with van der Waals surface area (Å²) < 4.78 is 44.7. The van der Waals surface area contributed by atoms with Gasteiger partial charge in [0.15, 0.2) is 14.1 Å². The number of nitrogens with zero attached hydrogens (tertiary/aromatic N) is 1. The molecule has 45 heavy (non-hydrogen) atoms. The Labute approximate surface area is 268 Å². The van der Waals surface area contributed by atoms with Gasteiger partial charge in [-0.2, -0.15) is 4.90 Å². The number of hydrogen-bond donors (Lipinski definition) is 1. The van der Waals surface area contributed by atoms with Crippen LogP contribution in [0.4, 0.5) is 19.7 Å². The summed E-state index contributed by atoms with van der Waals surface area (Å²) in [5.74, 6) is -2.36. The number of anilines is 1. The van der Waals surface area contributed by atoms with E-state index >= 15 is 4.39 Å². The molecule has 1 aromatic carbocycles. The second-order valence-corrected chi connectivity index (χ2v) is 25.2. The van der Waals surface area contributed by atoms with Gasteiger partial charge < -0.3 is 28.2 Å². The number of aromatic hydroxyl groups is 1. The average molecular weight is 668 g/mol. The maximum Gasteiger partial charge on any atom is 0.424 e. The van der Waals surface area contributed by atoms with E-state index in [1.54, 1.807) is 41.5 Å². The minimum absolute atomic E-state index is 0.0794. The molecule has 0 aliphatic heterocycles. The van der Waals surface area contributed by atoms with Crippen molar-refractivity contribution < 1.29 is 46.9 Å². The summed E-state index contributed by atoms with van der Waals surface area (Å²) in [4.78, 5) is 40.5. The predicted molar refractivity (Wildman–Crippen MR) is 177 cm³/mol. The number of carbonyl (C=O) groups is 3. The summed E-state index contributed by atoms with van der Waals surface area (Å²) in [6.45, 7) is 25.6. The minimum atomic E-state index is -2.39. The third-order valence-electron chi connectivity index (χ3n) is 7.18. The molecule has 0 radical (unpaired) electrons. The second-order valence-electron chi connectivity index (χ2n) is 15.5. The summed E-state index contributed by atoms with van der Waals surface area (Å²) in [5, 5.41) is 11.7. The molecule has 0 spiro atoms. The number of furan rings is 1. The molecule has 1 aromatic heterocycles. The van der Waals surface area contributed by atoms with Gasteiger partial charge in [0.25, 0.3) is 0 Å². The van der Waals surface area contributed by atoms with Crippen LogP contribution in [0.15, 0.2) is 16.5 Å². The van der Waals surface area contributed by atoms with Gasteiger partial charge in [-0.25, -0.2) is 18.8 Å². The van der Waals surface area contributed by atoms with Crippen LogP contribution in [0.25, 0.3) is 11.1 Å². The molecule has 2 amide bonds. The van der Waals surface area contributed by atoms with Crippen molar-refractivity contribution in [2.24, 2.45) is 0 Å². The van der Waals surface area contributed by atoms with E-state index < -0.39 is 62.9 Å². The number of phenolic OH excluding ortho intramolecular Hbond substituents is 1. The molecule has 0 fully saturated rings. The van der Waals surface area contributed by atoms with E-state index in [1.807, 2.05) is 19.6 Å². The van der Waals surface area contributed by atoms with Gasteiger partial charge in [0.1, 0.15) is 41.7 Å². The molecular weight excluding hydrogens is 618 g/mol. The van der Waals surface area contributed by atoms with Crippen LogP contribution in [0.2, 0.25) is 37.8 Å². The first-order chi connectivity index (χ1) is 20.1. The maximum absolute atomic E-state index is 16.3. The lowest BCUT2D eigenvalue weighted by Crippen LogP contribution is -2.44. The van der Waals surface area contributed by atoms with E-state index in [4.69, 9.17) is 23.1 Å². The van der Waals surface area contributed by atoms with Gasteiger partial charge in [-0.1, -0.05) is 40.4 Å². The van der Waals surface area contributed by atoms with Crippen molar-refractivity contribution in [3.63, 3.8) is 0 Å². The molecule has 0 unspecified atom stereocenters. The number of halogens is 1. The fourth-order valence-corrected chi connectivity index (χ4v) is 6.07. The standard InChI is InChI=1S/C32H50FNO9Si2/c1-30(2,3)42-28(37)34(29(38)43-31(4,5)6)20-17-16-19(25(35)23(20)26(36)39-10)22-21(18-40-45(14,15)32(7,8)9)41-27(24(22)33)44(11,12)13/h16-17,35H,18H2,1-15H3. The van der Waals surface area contributed by atoms with Crippen molar-refractivity contribution in [2.45, 2.75) is 118 Å². The molecule has 0 atom stereocenters. The summed E-state index contributed by atoms with van der Waals surface area (Å²) in [6.07, 6.45) is -2.32. The lowest BCUT2D eigenvalue weighted by atomic mass is 9.99. The zero-order valence-corrected chi connectivity index (χ0v) is 31.4. The second kappa shape index (κ2) is 12.9. The maximum atomic E-state index is 16.3. The fraction of sp³-hybridized carbons (Fsp3) is 0.594. The third kappa shape index (κ3) is 8.97. The molecule has 0 aliphatic carbocycles. The van der Waals surface area contributed by atoms with Crippen LogP contribution in [0.5, 0.6) is 5.75 Å². The molecule has 2 aromatic rings. The SMILES string of the molecule is COC(=O)c1c(N(C(=O)OC(C)(C)C)C(=O)OC(C)(C)C)ccc(-c2c(CO[Si](C)(C)C(C)(C)C)oc([Si](C)(C)C)c2F)c1O. The summed E-state index contributed by atoms with van der Waals surface area (Å²) >= 11 is 0. The lowest BCUT2D eigenvalue weighted by Gasteiger charge is -2.35. The van der Waals surface area contributed by atoms with E-state index in [0.29, 0.717) is 4.90 Å². The van der Waals surface area contributed by atoms with Crippen LogP contribution in [0, 0.1) is 5.82 Å². The monoisotopic (exact) mass is 667 g/mol. The highest BCUT2D eigenvalue weighted by Crippen LogP contribution is 2.43. The lowest BCUT2D eigenvalue weighted by molar-refractivity contribution is 0.0430. The molecule has 0 aliphatic rings. The van der Waals surface area contributed by atoms with Crippen LogP contribution >= 0.6 is 0 Å². The molecule has 0 saturated heterocycles. The van der Waals surface area contributed by atoms with E-state index in [9.17, 15) is 19.5 Å². The molecule has 10 nitrogen and oxygen atoms in total. The number of ether oxygens (including phenoxy) is 3. The van der Waals surface area contributed by atoms with Crippen LogP contribution in [0.3, 0.4) is 0 Å². The Hall–Kier alpha value is -3.17. The van der Waals surface area contributed by atoms with Gasteiger partial charge in [0.2, 0.25) is 0 Å². The molecule has 0 bridgehead atoms. The van der Waals surface area contributed by atoms with Gasteiger partial charge in [-0.15, -0.1) is 0 Å². The number of rotatable bonds is 7. The summed E-state index contributed by atoms with van der Waals surface area (Å²) in [5.41, 5.74) is -3.19. The molecule has 252 valence electrons. The number of carbonyl (C=O) groups excluding carboxylic acids is 3. The Morgan fingerprint density at radius 2 is 1.38 bits per heavy atom. The molecule has 13 heteroatoms. The number of methoxy groups -OCH3 is 1. The van der Waals surface area contributed by atoms with Crippen molar-refractivity contribution in [1.29, 1.82) is 0 Å². The van der Waals surface area contributed by atoms with Gasteiger partial charge in [0.05, 0.1) is 25.0 Å². The third-order valence-corrected chi connectivity index (χ3v) is 13.3. The highest BCUT2D eigenvalue weighted by atomic mass is 28.4. The number of esters is 1. The highest BCUT2D eigenvalue weighted by molar-refractivity contribution is 6.87. The van der Waals surface area contributed by atoms with Crippen LogP contribution < -0.4 is 10.3 Å². The van der Waals surface area contributed by atoms with Crippen LogP contribution in [-0.4, -0.2) is 58.0 Å².